The Balaban J connectivity index is 2.36. The van der Waals surface area contributed by atoms with Crippen LogP contribution in [-0.2, 0) is 9.47 Å². The zero-order valence-corrected chi connectivity index (χ0v) is 8.17. The molecule has 0 radical (unpaired) electrons. The zero-order chi connectivity index (χ0) is 9.19. The van der Waals surface area contributed by atoms with E-state index in [1.165, 1.54) is 0 Å². The Morgan fingerprint density at radius 3 is 2.42 bits per heavy atom. The highest BCUT2D eigenvalue weighted by molar-refractivity contribution is 4.98. The van der Waals surface area contributed by atoms with Gasteiger partial charge in [-0.2, -0.15) is 0 Å². The molecule has 1 saturated carbocycles. The van der Waals surface area contributed by atoms with Crippen LogP contribution in [0.1, 0.15) is 26.7 Å². The SMILES string of the molecule is COC1CC(CN)(OC(C)C)C1. The molecule has 1 fully saturated rings. The lowest BCUT2D eigenvalue weighted by Gasteiger charge is -2.46. The first kappa shape index (κ1) is 9.96. The summed E-state index contributed by atoms with van der Waals surface area (Å²) in [5, 5.41) is 0. The van der Waals surface area contributed by atoms with E-state index in [-0.39, 0.29) is 11.7 Å². The minimum Gasteiger partial charge on any atom is -0.381 e. The van der Waals surface area contributed by atoms with E-state index < -0.39 is 0 Å². The Kier molecular flexibility index (Phi) is 3.09. The number of hydrogen-bond donors (Lipinski definition) is 1. The zero-order valence-electron chi connectivity index (χ0n) is 8.17. The molecule has 0 aromatic carbocycles. The number of hydrogen-bond acceptors (Lipinski definition) is 3. The summed E-state index contributed by atoms with van der Waals surface area (Å²) in [5.41, 5.74) is 5.57. The Bertz CT molecular complexity index is 141. The summed E-state index contributed by atoms with van der Waals surface area (Å²) in [4.78, 5) is 0. The van der Waals surface area contributed by atoms with E-state index in [0.29, 0.717) is 12.6 Å². The molecular weight excluding hydrogens is 154 g/mol. The summed E-state index contributed by atoms with van der Waals surface area (Å²) in [7, 11) is 1.74. The van der Waals surface area contributed by atoms with E-state index in [4.69, 9.17) is 15.2 Å². The molecule has 0 spiro atoms. The van der Waals surface area contributed by atoms with Crippen molar-refractivity contribution in [3.8, 4) is 0 Å². The predicted octanol–water partition coefficient (Wildman–Crippen LogP) is 0.918. The molecular formula is C9H19NO2. The summed E-state index contributed by atoms with van der Waals surface area (Å²) in [6.45, 7) is 4.68. The van der Waals surface area contributed by atoms with Gasteiger partial charge in [0.1, 0.15) is 0 Å². The highest BCUT2D eigenvalue weighted by Gasteiger charge is 2.45. The third kappa shape index (κ3) is 1.97. The molecule has 1 rings (SSSR count). The van der Waals surface area contributed by atoms with Gasteiger partial charge in [-0.1, -0.05) is 0 Å². The second-order valence-corrected chi connectivity index (χ2v) is 3.82. The van der Waals surface area contributed by atoms with E-state index in [1.54, 1.807) is 7.11 Å². The van der Waals surface area contributed by atoms with Gasteiger partial charge in [0, 0.05) is 26.5 Å². The molecule has 0 unspecified atom stereocenters. The van der Waals surface area contributed by atoms with Gasteiger partial charge < -0.3 is 15.2 Å². The van der Waals surface area contributed by atoms with E-state index >= 15 is 0 Å². The monoisotopic (exact) mass is 173 g/mol. The maximum atomic E-state index is 5.75. The van der Waals surface area contributed by atoms with Gasteiger partial charge >= 0.3 is 0 Å². The van der Waals surface area contributed by atoms with Crippen LogP contribution in [0.3, 0.4) is 0 Å². The van der Waals surface area contributed by atoms with Gasteiger partial charge in [0.25, 0.3) is 0 Å². The summed E-state index contributed by atoms with van der Waals surface area (Å²) in [6, 6.07) is 0. The third-order valence-corrected chi connectivity index (χ3v) is 2.39. The topological polar surface area (TPSA) is 44.5 Å². The minimum atomic E-state index is -0.0884. The highest BCUT2D eigenvalue weighted by atomic mass is 16.5. The molecule has 0 bridgehead atoms. The first-order valence-corrected chi connectivity index (χ1v) is 4.52. The van der Waals surface area contributed by atoms with Crippen molar-refractivity contribution >= 4 is 0 Å². The predicted molar refractivity (Wildman–Crippen MR) is 48.0 cm³/mol. The van der Waals surface area contributed by atoms with Crippen LogP contribution in [0.4, 0.5) is 0 Å². The molecule has 0 heterocycles. The number of methoxy groups -OCH3 is 1. The van der Waals surface area contributed by atoms with Crippen molar-refractivity contribution in [3.05, 3.63) is 0 Å². The molecule has 0 atom stereocenters. The summed E-state index contributed by atoms with van der Waals surface area (Å²) in [6.07, 6.45) is 2.50. The molecule has 1 aliphatic rings. The average molecular weight is 173 g/mol. The van der Waals surface area contributed by atoms with Crippen molar-refractivity contribution in [3.63, 3.8) is 0 Å². The first-order valence-electron chi connectivity index (χ1n) is 4.52. The van der Waals surface area contributed by atoms with Gasteiger partial charge in [0.2, 0.25) is 0 Å². The lowest BCUT2D eigenvalue weighted by molar-refractivity contribution is -0.176. The van der Waals surface area contributed by atoms with E-state index in [0.717, 1.165) is 12.8 Å². The Morgan fingerprint density at radius 1 is 1.50 bits per heavy atom. The fourth-order valence-electron chi connectivity index (χ4n) is 1.75. The van der Waals surface area contributed by atoms with Crippen molar-refractivity contribution in [2.24, 2.45) is 5.73 Å². The molecule has 2 N–H and O–H groups in total. The number of rotatable bonds is 4. The van der Waals surface area contributed by atoms with Crippen LogP contribution in [0, 0.1) is 0 Å². The van der Waals surface area contributed by atoms with Crippen LogP contribution in [0.5, 0.6) is 0 Å². The quantitative estimate of drug-likeness (QED) is 0.687. The van der Waals surface area contributed by atoms with Crippen LogP contribution in [0.25, 0.3) is 0 Å². The van der Waals surface area contributed by atoms with Crippen LogP contribution in [0.15, 0.2) is 0 Å². The molecule has 3 heteroatoms. The van der Waals surface area contributed by atoms with Crippen molar-refractivity contribution in [1.29, 1.82) is 0 Å². The van der Waals surface area contributed by atoms with Gasteiger partial charge in [0.05, 0.1) is 17.8 Å². The summed E-state index contributed by atoms with van der Waals surface area (Å²) >= 11 is 0. The lowest BCUT2D eigenvalue weighted by atomic mass is 9.77. The molecule has 1 aliphatic carbocycles. The normalized spacial score (nSPS) is 35.2. The third-order valence-electron chi connectivity index (χ3n) is 2.39. The molecule has 0 saturated heterocycles. The van der Waals surface area contributed by atoms with Gasteiger partial charge in [-0.3, -0.25) is 0 Å². The second kappa shape index (κ2) is 3.73. The molecule has 0 aromatic rings. The van der Waals surface area contributed by atoms with Crippen molar-refractivity contribution in [2.75, 3.05) is 13.7 Å². The Hall–Kier alpha value is -0.120. The molecule has 0 aromatic heterocycles. The van der Waals surface area contributed by atoms with Gasteiger partial charge in [-0.05, 0) is 13.8 Å². The minimum absolute atomic E-state index is 0.0884. The van der Waals surface area contributed by atoms with Crippen LogP contribution >= 0.6 is 0 Å². The highest BCUT2D eigenvalue weighted by Crippen LogP contribution is 2.37. The molecule has 0 amide bonds. The number of ether oxygens (including phenoxy) is 2. The maximum Gasteiger partial charge on any atom is 0.0856 e. The van der Waals surface area contributed by atoms with Crippen molar-refractivity contribution < 1.29 is 9.47 Å². The average Bonchev–Trinajstić information content (AvgIpc) is 1.95. The van der Waals surface area contributed by atoms with Gasteiger partial charge in [0.15, 0.2) is 0 Å². The first-order chi connectivity index (χ1) is 5.62. The van der Waals surface area contributed by atoms with E-state index in [1.807, 2.05) is 13.8 Å². The Labute approximate surface area is 74.2 Å². The second-order valence-electron chi connectivity index (χ2n) is 3.82. The number of nitrogens with two attached hydrogens (primary N) is 1. The van der Waals surface area contributed by atoms with Crippen LogP contribution < -0.4 is 5.73 Å². The van der Waals surface area contributed by atoms with Crippen LogP contribution in [-0.4, -0.2) is 31.5 Å². The van der Waals surface area contributed by atoms with Gasteiger partial charge in [-0.25, -0.2) is 0 Å². The largest absolute Gasteiger partial charge is 0.381 e. The maximum absolute atomic E-state index is 5.75. The Morgan fingerprint density at radius 2 is 2.08 bits per heavy atom. The van der Waals surface area contributed by atoms with E-state index in [9.17, 15) is 0 Å². The fourth-order valence-corrected chi connectivity index (χ4v) is 1.75. The summed E-state index contributed by atoms with van der Waals surface area (Å²) in [5.74, 6) is 0. The van der Waals surface area contributed by atoms with Crippen LogP contribution in [0.2, 0.25) is 0 Å². The standard InChI is InChI=1S/C9H19NO2/c1-7(2)12-9(6-10)4-8(5-9)11-3/h7-8H,4-6,10H2,1-3H3. The molecule has 12 heavy (non-hydrogen) atoms. The molecule has 0 aliphatic heterocycles. The van der Waals surface area contributed by atoms with Crippen molar-refractivity contribution in [1.82, 2.24) is 0 Å². The smallest absolute Gasteiger partial charge is 0.0856 e. The van der Waals surface area contributed by atoms with E-state index in [2.05, 4.69) is 0 Å². The molecule has 3 nitrogen and oxygen atoms in total. The lowest BCUT2D eigenvalue weighted by Crippen LogP contribution is -2.55. The van der Waals surface area contributed by atoms with Gasteiger partial charge in [-0.15, -0.1) is 0 Å². The van der Waals surface area contributed by atoms with Crippen molar-refractivity contribution in [2.45, 2.75) is 44.5 Å². The molecule has 72 valence electrons. The summed E-state index contributed by atoms with van der Waals surface area (Å²) < 4.78 is 10.9. The fraction of sp³-hybridized carbons (Fsp3) is 1.00.